The molecule has 2 heterocycles. The second-order valence-electron chi connectivity index (χ2n) is 4.36. The van der Waals surface area contributed by atoms with Gasteiger partial charge in [0.15, 0.2) is 0 Å². The van der Waals surface area contributed by atoms with Crippen LogP contribution in [0.4, 0.5) is 0 Å². The third-order valence-electron chi connectivity index (χ3n) is 2.91. The topological polar surface area (TPSA) is 75.2 Å². The smallest absolute Gasteiger partial charge is 0.268 e. The van der Waals surface area contributed by atoms with Crippen molar-refractivity contribution in [2.24, 2.45) is 0 Å². The molecule has 0 amide bonds. The summed E-state index contributed by atoms with van der Waals surface area (Å²) in [5, 5.41) is 10.9. The Morgan fingerprint density at radius 1 is 1.38 bits per heavy atom. The third-order valence-corrected chi connectivity index (χ3v) is 4.43. The molecule has 3 aromatic rings. The zero-order valence-corrected chi connectivity index (χ0v) is 13.2. The molecule has 3 rings (SSSR count). The molecule has 0 fully saturated rings. The lowest BCUT2D eigenvalue weighted by Gasteiger charge is -2.08. The van der Waals surface area contributed by atoms with Gasteiger partial charge in [-0.1, -0.05) is 6.07 Å². The molecular weight excluding hydrogens is 356 g/mol. The molecule has 2 N–H and O–H groups in total. The number of nitrogens with zero attached hydrogens (tertiary/aromatic N) is 1. The molecule has 2 aromatic heterocycles. The lowest BCUT2D eigenvalue weighted by Crippen LogP contribution is -2.12. The molecule has 21 heavy (non-hydrogen) atoms. The number of rotatable bonds is 4. The summed E-state index contributed by atoms with van der Waals surface area (Å²) >= 11 is 4.75. The van der Waals surface area contributed by atoms with E-state index in [0.717, 1.165) is 10.0 Å². The van der Waals surface area contributed by atoms with Gasteiger partial charge in [-0.15, -0.1) is 11.3 Å². The van der Waals surface area contributed by atoms with E-state index in [1.807, 2.05) is 11.4 Å². The van der Waals surface area contributed by atoms with Crippen LogP contribution < -0.4 is 10.3 Å². The second-order valence-corrected chi connectivity index (χ2v) is 6.13. The molecule has 1 aromatic carbocycles. The number of thiophene rings is 1. The number of halogens is 1. The molecule has 0 spiro atoms. The Hall–Kier alpha value is -1.70. The first kappa shape index (κ1) is 14.2. The number of fused-ring (bicyclic) bond motifs is 1. The summed E-state index contributed by atoms with van der Waals surface area (Å²) in [5.41, 5.74) is 1.32. The van der Waals surface area contributed by atoms with Crippen LogP contribution in [0.15, 0.2) is 38.9 Å². The van der Waals surface area contributed by atoms with Crippen molar-refractivity contribution in [3.05, 3.63) is 55.9 Å². The maximum atomic E-state index is 11.8. The highest BCUT2D eigenvalue weighted by Gasteiger charge is 2.07. The van der Waals surface area contributed by atoms with E-state index < -0.39 is 0 Å². The van der Waals surface area contributed by atoms with Crippen LogP contribution in [0.3, 0.4) is 0 Å². The molecule has 0 atom stereocenters. The van der Waals surface area contributed by atoms with Crippen molar-refractivity contribution in [1.29, 1.82) is 0 Å². The largest absolute Gasteiger partial charge is 0.485 e. The van der Waals surface area contributed by atoms with Crippen molar-refractivity contribution in [2.75, 3.05) is 0 Å². The Morgan fingerprint density at radius 3 is 3.00 bits per heavy atom. The number of H-pyrrole nitrogens is 1. The summed E-state index contributed by atoms with van der Waals surface area (Å²) in [6.07, 6.45) is 0. The van der Waals surface area contributed by atoms with E-state index in [2.05, 4.69) is 25.9 Å². The van der Waals surface area contributed by atoms with Crippen LogP contribution in [0, 0.1) is 0 Å². The standard InChI is InChI=1S/C14H11BrN2O3S/c15-9-5-8(6-18)1-2-11(9)20-7-12-16-10-3-4-21-13(10)14(19)17-12/h1-5,18H,6-7H2,(H,16,17,19). The maximum Gasteiger partial charge on any atom is 0.268 e. The van der Waals surface area contributed by atoms with E-state index in [-0.39, 0.29) is 18.8 Å². The van der Waals surface area contributed by atoms with Crippen molar-refractivity contribution in [3.63, 3.8) is 0 Å². The van der Waals surface area contributed by atoms with Crippen LogP contribution in [-0.2, 0) is 13.2 Å². The van der Waals surface area contributed by atoms with Crippen LogP contribution in [0.25, 0.3) is 10.2 Å². The molecule has 0 bridgehead atoms. The Balaban J connectivity index is 1.81. The van der Waals surface area contributed by atoms with E-state index in [0.29, 0.717) is 21.8 Å². The van der Waals surface area contributed by atoms with Gasteiger partial charge >= 0.3 is 0 Å². The minimum Gasteiger partial charge on any atom is -0.485 e. The van der Waals surface area contributed by atoms with Gasteiger partial charge in [0.25, 0.3) is 5.56 Å². The average Bonchev–Trinajstić information content (AvgIpc) is 2.95. The number of aliphatic hydroxyl groups excluding tert-OH is 1. The fraction of sp³-hybridized carbons (Fsp3) is 0.143. The van der Waals surface area contributed by atoms with Crippen molar-refractivity contribution >= 4 is 37.5 Å². The molecule has 0 aliphatic rings. The second kappa shape index (κ2) is 5.97. The summed E-state index contributed by atoms with van der Waals surface area (Å²) in [5.74, 6) is 1.10. The monoisotopic (exact) mass is 366 g/mol. The van der Waals surface area contributed by atoms with E-state index >= 15 is 0 Å². The van der Waals surface area contributed by atoms with Crippen LogP contribution >= 0.6 is 27.3 Å². The summed E-state index contributed by atoms with van der Waals surface area (Å²) in [7, 11) is 0. The highest BCUT2D eigenvalue weighted by molar-refractivity contribution is 9.10. The Labute approximate surface area is 132 Å². The number of ether oxygens (including phenoxy) is 1. The van der Waals surface area contributed by atoms with Crippen molar-refractivity contribution in [3.8, 4) is 5.75 Å². The summed E-state index contributed by atoms with van der Waals surface area (Å²) in [6, 6.07) is 7.13. The van der Waals surface area contributed by atoms with Gasteiger partial charge in [-0.05, 0) is 45.1 Å². The number of aromatic nitrogens is 2. The molecule has 0 aliphatic heterocycles. The van der Waals surface area contributed by atoms with Gasteiger partial charge in [-0.3, -0.25) is 4.79 Å². The lowest BCUT2D eigenvalue weighted by atomic mass is 10.2. The molecule has 0 radical (unpaired) electrons. The zero-order valence-electron chi connectivity index (χ0n) is 10.8. The summed E-state index contributed by atoms with van der Waals surface area (Å²) in [6.45, 7) is 0.140. The quantitative estimate of drug-likeness (QED) is 0.744. The fourth-order valence-electron chi connectivity index (χ4n) is 1.90. The van der Waals surface area contributed by atoms with E-state index in [1.165, 1.54) is 11.3 Å². The zero-order chi connectivity index (χ0) is 14.8. The Morgan fingerprint density at radius 2 is 2.24 bits per heavy atom. The molecule has 0 aliphatic carbocycles. The Bertz CT molecular complexity index is 844. The van der Waals surface area contributed by atoms with Crippen LogP contribution in [0.1, 0.15) is 11.4 Å². The number of aliphatic hydroxyl groups is 1. The van der Waals surface area contributed by atoms with Gasteiger partial charge in [-0.2, -0.15) is 0 Å². The first-order valence-corrected chi connectivity index (χ1v) is 7.83. The average molecular weight is 367 g/mol. The van der Waals surface area contributed by atoms with Crippen LogP contribution in [0.5, 0.6) is 5.75 Å². The summed E-state index contributed by atoms with van der Waals surface area (Å²) in [4.78, 5) is 18.9. The first-order valence-electron chi connectivity index (χ1n) is 6.16. The molecule has 5 nitrogen and oxygen atoms in total. The molecule has 0 unspecified atom stereocenters. The van der Waals surface area contributed by atoms with Crippen molar-refractivity contribution in [1.82, 2.24) is 9.97 Å². The number of hydrogen-bond acceptors (Lipinski definition) is 5. The van der Waals surface area contributed by atoms with Gasteiger partial charge < -0.3 is 14.8 Å². The minimum absolute atomic E-state index is 0.0252. The van der Waals surface area contributed by atoms with E-state index in [9.17, 15) is 4.79 Å². The van der Waals surface area contributed by atoms with E-state index in [4.69, 9.17) is 9.84 Å². The Kier molecular flexibility index (Phi) is 4.05. The predicted molar refractivity (Wildman–Crippen MR) is 84.6 cm³/mol. The molecule has 108 valence electrons. The van der Waals surface area contributed by atoms with Gasteiger partial charge in [0.1, 0.15) is 22.9 Å². The highest BCUT2D eigenvalue weighted by Crippen LogP contribution is 2.26. The lowest BCUT2D eigenvalue weighted by molar-refractivity contribution is 0.279. The highest BCUT2D eigenvalue weighted by atomic mass is 79.9. The van der Waals surface area contributed by atoms with Gasteiger partial charge in [-0.25, -0.2) is 4.98 Å². The van der Waals surface area contributed by atoms with Gasteiger partial charge in [0, 0.05) is 0 Å². The van der Waals surface area contributed by atoms with Gasteiger partial charge in [0.2, 0.25) is 0 Å². The summed E-state index contributed by atoms with van der Waals surface area (Å²) < 4.78 is 7.01. The predicted octanol–water partition coefficient (Wildman–Crippen LogP) is 2.82. The van der Waals surface area contributed by atoms with Crippen molar-refractivity contribution < 1.29 is 9.84 Å². The van der Waals surface area contributed by atoms with Crippen LogP contribution in [-0.4, -0.2) is 15.1 Å². The molecule has 0 saturated carbocycles. The van der Waals surface area contributed by atoms with E-state index in [1.54, 1.807) is 18.2 Å². The fourth-order valence-corrected chi connectivity index (χ4v) is 3.16. The van der Waals surface area contributed by atoms with Crippen molar-refractivity contribution in [2.45, 2.75) is 13.2 Å². The van der Waals surface area contributed by atoms with Gasteiger partial charge in [0.05, 0.1) is 16.6 Å². The van der Waals surface area contributed by atoms with Crippen LogP contribution in [0.2, 0.25) is 0 Å². The maximum absolute atomic E-state index is 11.8. The third kappa shape index (κ3) is 2.99. The minimum atomic E-state index is -0.150. The normalized spacial score (nSPS) is 11.0. The first-order chi connectivity index (χ1) is 10.2. The molecule has 0 saturated heterocycles. The number of benzene rings is 1. The SMILES string of the molecule is O=c1[nH]c(COc2ccc(CO)cc2Br)nc2ccsc12. The number of nitrogens with one attached hydrogen (secondary N) is 1. The number of hydrogen-bond donors (Lipinski definition) is 2. The number of aromatic amines is 1. The molecule has 7 heteroatoms. The molecular formula is C14H11BrN2O3S.